The summed E-state index contributed by atoms with van der Waals surface area (Å²) < 4.78 is 51.2. The van der Waals surface area contributed by atoms with Gasteiger partial charge in [0, 0.05) is 13.3 Å². The molecule has 520 valence electrons. The van der Waals surface area contributed by atoms with Gasteiger partial charge in [0.2, 0.25) is 0 Å². The normalized spacial score (nSPS) is 14.1. The van der Waals surface area contributed by atoms with E-state index in [2.05, 4.69) is 245 Å². The van der Waals surface area contributed by atoms with Crippen molar-refractivity contribution < 1.29 is 29.5 Å². The molecule has 0 N–H and O–H groups in total. The van der Waals surface area contributed by atoms with Crippen LogP contribution in [-0.2, 0) is 29.5 Å². The standard InChI is InChI=1S/C27H58OSi2.C15H32O3Si4.C14H34OSi2.C9H26O2Si3.3CH4/c1-9-11-12-13-14-15-16-17-18-19-20-21-22-23-24-27(5,30(6,7)8)26(3,4)25-29(28)10-2;1-19(2,3)16-22(17-20(4,5)6,18-21(7,8)9)15-13-11-10-12-14-15;1-13(2,12-16(5,6)7)11-14(3,4)15-17(8,9)10;1-9-14(8,10-12(2,3)4)11-13(5,6)7;;;/h9-25H2,1-8H3;10-14H,1-9H3;11-12H2,1-10H3;9H2,1-8H3;3*1H4. The lowest BCUT2D eigenvalue weighted by molar-refractivity contribution is 0.0546. The highest BCUT2D eigenvalue weighted by Gasteiger charge is 2.52. The van der Waals surface area contributed by atoms with Crippen LogP contribution in [0.1, 0.15) is 194 Å². The van der Waals surface area contributed by atoms with Crippen molar-refractivity contribution in [2.24, 2.45) is 10.8 Å². The molecule has 0 heterocycles. The van der Waals surface area contributed by atoms with E-state index >= 15 is 0 Å². The van der Waals surface area contributed by atoms with E-state index in [-0.39, 0.29) is 33.3 Å². The third kappa shape index (κ3) is 51.6. The largest absolute Gasteiger partial charge is 0.505 e. The Morgan fingerprint density at radius 2 is 0.756 bits per heavy atom. The Hall–Kier alpha value is 1.17. The van der Waals surface area contributed by atoms with Crippen LogP contribution in [0.15, 0.2) is 30.3 Å². The molecular weight excluding hydrogens is 1240 g/mol. The van der Waals surface area contributed by atoms with Gasteiger partial charge in [0.15, 0.2) is 49.9 Å². The smallest absolute Gasteiger partial charge is 0.437 e. The maximum atomic E-state index is 12.4. The molecule has 0 aliphatic rings. The summed E-state index contributed by atoms with van der Waals surface area (Å²) in [6.07, 6.45) is 22.4. The molecule has 1 aromatic rings. The summed E-state index contributed by atoms with van der Waals surface area (Å²) in [5.74, 6) is 0. The summed E-state index contributed by atoms with van der Waals surface area (Å²) in [5.41, 5.74) is 0.612. The lowest BCUT2D eigenvalue weighted by atomic mass is 9.77. The van der Waals surface area contributed by atoms with E-state index in [0.29, 0.717) is 10.5 Å². The molecular formula is C68H162O7Si11. The van der Waals surface area contributed by atoms with Crippen molar-refractivity contribution in [3.63, 3.8) is 0 Å². The third-order valence-electron chi connectivity index (χ3n) is 14.8. The minimum atomic E-state index is -2.89. The van der Waals surface area contributed by atoms with Crippen molar-refractivity contribution in [3.05, 3.63) is 30.3 Å². The average molecular weight is 1400 g/mol. The molecule has 0 fully saturated rings. The lowest BCUT2D eigenvalue weighted by Gasteiger charge is -2.52. The predicted molar refractivity (Wildman–Crippen MR) is 423 cm³/mol. The van der Waals surface area contributed by atoms with Crippen LogP contribution < -0.4 is 5.19 Å². The van der Waals surface area contributed by atoms with Crippen LogP contribution in [0.2, 0.25) is 193 Å². The second-order valence-electron chi connectivity index (χ2n) is 35.4. The van der Waals surface area contributed by atoms with Crippen LogP contribution in [0.25, 0.3) is 0 Å². The van der Waals surface area contributed by atoms with Crippen LogP contribution >= 0.6 is 0 Å². The Morgan fingerprint density at radius 3 is 1.02 bits per heavy atom. The topological polar surface area (TPSA) is 72.5 Å². The van der Waals surface area contributed by atoms with E-state index in [0.717, 1.165) is 29.7 Å². The van der Waals surface area contributed by atoms with E-state index in [1.807, 2.05) is 18.2 Å². The van der Waals surface area contributed by atoms with Crippen molar-refractivity contribution in [3.8, 4) is 0 Å². The molecule has 18 heteroatoms. The third-order valence-corrected chi connectivity index (χ3v) is 45.6. The Morgan fingerprint density at radius 1 is 0.430 bits per heavy atom. The van der Waals surface area contributed by atoms with Crippen LogP contribution in [0.3, 0.4) is 0 Å². The van der Waals surface area contributed by atoms with Crippen LogP contribution in [0.5, 0.6) is 0 Å². The Bertz CT molecular complexity index is 1780. The number of unbranched alkanes of at least 4 members (excludes halogenated alkanes) is 13. The van der Waals surface area contributed by atoms with Gasteiger partial charge in [0.1, 0.15) is 0 Å². The molecule has 1 rings (SSSR count). The first-order valence-corrected chi connectivity index (χ1v) is 67.3. The maximum Gasteiger partial charge on any atom is 0.505 e. The van der Waals surface area contributed by atoms with Gasteiger partial charge in [0.05, 0.1) is 13.7 Å². The summed E-state index contributed by atoms with van der Waals surface area (Å²) >= 11 is 0. The summed E-state index contributed by atoms with van der Waals surface area (Å²) in [5, 5.41) is 1.47. The molecule has 0 bridgehead atoms. The minimum absolute atomic E-state index is 0. The summed E-state index contributed by atoms with van der Waals surface area (Å²) in [6.45, 7) is 80.6. The molecule has 0 saturated carbocycles. The second kappa shape index (κ2) is 41.9. The van der Waals surface area contributed by atoms with Crippen molar-refractivity contribution in [1.29, 1.82) is 0 Å². The first-order valence-electron chi connectivity index (χ1n) is 33.6. The zero-order valence-corrected chi connectivity index (χ0v) is 73.9. The molecule has 86 heavy (non-hydrogen) atoms. The Balaban J connectivity index is -0.000000255. The van der Waals surface area contributed by atoms with E-state index in [4.69, 9.17) is 25.0 Å². The molecule has 0 aromatic heterocycles. The van der Waals surface area contributed by atoms with Crippen LogP contribution in [-0.4, -0.2) is 97.7 Å². The van der Waals surface area contributed by atoms with Gasteiger partial charge in [-0.15, -0.1) is 0 Å². The van der Waals surface area contributed by atoms with Crippen molar-refractivity contribution >= 4 is 97.3 Å². The van der Waals surface area contributed by atoms with Crippen molar-refractivity contribution in [1.82, 2.24) is 0 Å². The molecule has 1 atom stereocenters. The molecule has 1 aromatic carbocycles. The molecule has 0 aliphatic heterocycles. The molecule has 0 aliphatic carbocycles. The first-order chi connectivity index (χ1) is 36.8. The fourth-order valence-electron chi connectivity index (χ4n) is 12.3. The average Bonchev–Trinajstić information content (AvgIpc) is 3.21. The Labute approximate surface area is 556 Å². The SMILES string of the molecule is C.C.C.CC(C)(CC(C)(C)O[Si](C)(C)C)C[Si](C)(C)C.CCCCCCCCCCCCCCCCC(C)(C(C)(C)C[Si](=O)CC)[Si](C)(C)C.CC[Si](C)(O[Si](C)(C)C)O[Si](C)(C)C.C[Si](C)(C)O[Si](O[Si](C)(C)C)(O[Si](C)(C)C)c1ccccc1. The van der Waals surface area contributed by atoms with Gasteiger partial charge < -0.3 is 29.5 Å². The molecule has 0 amide bonds. The van der Waals surface area contributed by atoms with Crippen LogP contribution in [0.4, 0.5) is 0 Å². The van der Waals surface area contributed by atoms with Gasteiger partial charge in [-0.25, -0.2) is 0 Å². The summed E-state index contributed by atoms with van der Waals surface area (Å²) in [6, 6.07) is 14.6. The molecule has 0 spiro atoms. The predicted octanol–water partition coefficient (Wildman–Crippen LogP) is 25.9. The minimum Gasteiger partial charge on any atom is -0.437 e. The first kappa shape index (κ1) is 98.2. The Kier molecular flexibility index (Phi) is 47.8. The number of hydrogen-bond donors (Lipinski definition) is 0. The molecule has 7 nitrogen and oxygen atoms in total. The molecule has 1 unspecified atom stereocenters. The van der Waals surface area contributed by atoms with E-state index < -0.39 is 92.1 Å². The zero-order valence-electron chi connectivity index (χ0n) is 62.9. The van der Waals surface area contributed by atoms with Gasteiger partial charge in [-0.2, -0.15) is 0 Å². The quantitative estimate of drug-likeness (QED) is 0.0482. The van der Waals surface area contributed by atoms with Gasteiger partial charge in [0.25, 0.3) is 8.68 Å². The van der Waals surface area contributed by atoms with Crippen LogP contribution in [0, 0.1) is 10.8 Å². The summed E-state index contributed by atoms with van der Waals surface area (Å²) in [4.78, 5) is 0. The van der Waals surface area contributed by atoms with E-state index in [9.17, 15) is 4.46 Å². The highest BCUT2D eigenvalue weighted by Crippen LogP contribution is 2.58. The lowest BCUT2D eigenvalue weighted by Crippen LogP contribution is -2.67. The van der Waals surface area contributed by atoms with Gasteiger partial charge >= 0.3 is 17.4 Å². The highest BCUT2D eigenvalue weighted by atomic mass is 28.5. The maximum absolute atomic E-state index is 12.4. The summed E-state index contributed by atoms with van der Waals surface area (Å²) in [7, 11) is -18.3. The number of rotatable bonds is 38. The van der Waals surface area contributed by atoms with Gasteiger partial charge in [-0.3, -0.25) is 0 Å². The second-order valence-corrected chi connectivity index (χ2v) is 82.9. The molecule has 0 radical (unpaired) electrons. The molecule has 0 saturated heterocycles. The van der Waals surface area contributed by atoms with Gasteiger partial charge in [-0.1, -0.05) is 243 Å². The van der Waals surface area contributed by atoms with Gasteiger partial charge in [-0.05, 0) is 185 Å². The number of hydrogen-bond acceptors (Lipinski definition) is 7. The van der Waals surface area contributed by atoms with E-state index in [1.54, 1.807) is 0 Å². The van der Waals surface area contributed by atoms with Crippen molar-refractivity contribution in [2.75, 3.05) is 0 Å². The number of benzene rings is 1. The van der Waals surface area contributed by atoms with E-state index in [1.165, 1.54) is 102 Å². The monoisotopic (exact) mass is 1400 g/mol. The van der Waals surface area contributed by atoms with Crippen molar-refractivity contribution in [2.45, 2.75) is 393 Å². The fourth-order valence-corrected chi connectivity index (χ4v) is 47.2. The zero-order chi connectivity index (χ0) is 66.1. The fraction of sp³-hybridized carbons (Fsp3) is 0.912. The highest BCUT2D eigenvalue weighted by molar-refractivity contribution is 6.95.